The number of rotatable bonds is 0. The van der Waals surface area contributed by atoms with Crippen molar-refractivity contribution < 1.29 is 45.2 Å². The normalized spacial score (nSPS) is 35.8. The van der Waals surface area contributed by atoms with Gasteiger partial charge in [-0.3, -0.25) is 0 Å². The molecule has 2 aliphatic carbocycles. The molecule has 2 heterocycles. The van der Waals surface area contributed by atoms with Crippen molar-refractivity contribution in [2.24, 2.45) is 5.92 Å². The molecule has 25 heavy (non-hydrogen) atoms. The Balaban J connectivity index is 0.00000125. The molecular weight excluding hydrogens is 350 g/mol. The summed E-state index contributed by atoms with van der Waals surface area (Å²) >= 11 is 0. The SMILES string of the molecule is CN1CC[C@]23c4c5ccc(O)c4O[C@H]2C(O)C=C[C@H]3[C@H]1C5.O.O.O.[Cl-].[H+]. The molecule has 1 aromatic rings. The monoisotopic (exact) mass is 375 g/mol. The summed E-state index contributed by atoms with van der Waals surface area (Å²) in [5.74, 6) is 1.19. The molecule has 1 unspecified atom stereocenters. The number of phenols is 1. The maximum Gasteiger partial charge on any atom is 1.00 e. The van der Waals surface area contributed by atoms with Crippen LogP contribution in [0.4, 0.5) is 0 Å². The lowest BCUT2D eigenvalue weighted by Crippen LogP contribution is -3.00. The number of piperidine rings is 1. The Morgan fingerprint density at radius 1 is 1.24 bits per heavy atom. The van der Waals surface area contributed by atoms with Gasteiger partial charge >= 0.3 is 1.43 Å². The average molecular weight is 376 g/mol. The number of likely N-dealkylation sites (tertiary alicyclic amines) is 1. The summed E-state index contributed by atoms with van der Waals surface area (Å²) in [5.41, 5.74) is 2.29. The van der Waals surface area contributed by atoms with E-state index in [0.717, 1.165) is 19.4 Å². The molecule has 0 saturated carbocycles. The third kappa shape index (κ3) is 2.31. The first-order chi connectivity index (χ1) is 10.1. The standard InChI is InChI=1S/C17H19NO3.ClH.3H2O/c1-18-7-6-17-10-3-5-13(20)16(17)21-15-12(19)4-2-9(14(15)17)8-11(10)18;;;;/h2-5,10-11,13,16,19-20H,6-8H2,1H3;1H;3*1H2/t10-,11+,13?,16-,17-;;;;/m0..../s1. The highest BCUT2D eigenvalue weighted by Gasteiger charge is 2.64. The molecule has 1 fully saturated rings. The van der Waals surface area contributed by atoms with E-state index in [0.29, 0.717) is 17.7 Å². The van der Waals surface area contributed by atoms with E-state index in [1.165, 1.54) is 11.1 Å². The van der Waals surface area contributed by atoms with Crippen LogP contribution in [0, 0.1) is 5.92 Å². The maximum atomic E-state index is 10.4. The molecule has 8 heteroatoms. The predicted octanol–water partition coefficient (Wildman–Crippen LogP) is -4.16. The molecule has 0 aromatic heterocycles. The number of hydrogen-bond donors (Lipinski definition) is 2. The number of benzene rings is 1. The van der Waals surface area contributed by atoms with Crippen molar-refractivity contribution in [3.63, 3.8) is 0 Å². The molecule has 0 amide bonds. The first-order valence-corrected chi connectivity index (χ1v) is 7.71. The topological polar surface area (TPSA) is 147 Å². The van der Waals surface area contributed by atoms with E-state index in [4.69, 9.17) is 4.74 Å². The number of aromatic hydroxyl groups is 1. The largest absolute Gasteiger partial charge is 1.00 e. The zero-order chi connectivity index (χ0) is 14.4. The van der Waals surface area contributed by atoms with Crippen molar-refractivity contribution in [3.05, 3.63) is 35.4 Å². The van der Waals surface area contributed by atoms with Gasteiger partial charge < -0.3 is 48.7 Å². The minimum Gasteiger partial charge on any atom is -1.00 e. The molecule has 5 rings (SSSR count). The summed E-state index contributed by atoms with van der Waals surface area (Å²) in [7, 11) is 2.19. The summed E-state index contributed by atoms with van der Waals surface area (Å²) in [4.78, 5) is 2.43. The molecule has 2 aliphatic heterocycles. The van der Waals surface area contributed by atoms with Crippen molar-refractivity contribution >= 4 is 0 Å². The van der Waals surface area contributed by atoms with Crippen LogP contribution in [0.2, 0.25) is 0 Å². The highest BCUT2D eigenvalue weighted by molar-refractivity contribution is 5.61. The van der Waals surface area contributed by atoms with Crippen molar-refractivity contribution in [3.8, 4) is 11.5 Å². The Hall–Kier alpha value is -1.35. The van der Waals surface area contributed by atoms with Gasteiger partial charge in [-0.25, -0.2) is 0 Å². The summed E-state index contributed by atoms with van der Waals surface area (Å²) in [6.07, 6.45) is 5.18. The van der Waals surface area contributed by atoms with Gasteiger partial charge in [-0.1, -0.05) is 18.2 Å². The third-order valence-electron chi connectivity index (χ3n) is 6.15. The van der Waals surface area contributed by atoms with Crippen LogP contribution in [0.25, 0.3) is 0 Å². The minimum atomic E-state index is -0.594. The molecule has 1 aromatic carbocycles. The summed E-state index contributed by atoms with van der Waals surface area (Å²) in [5, 5.41) is 20.6. The molecule has 2 bridgehead atoms. The van der Waals surface area contributed by atoms with Crippen LogP contribution >= 0.6 is 0 Å². The fourth-order valence-electron chi connectivity index (χ4n) is 5.24. The molecule has 0 radical (unpaired) electrons. The van der Waals surface area contributed by atoms with Gasteiger partial charge in [-0.05, 0) is 38.1 Å². The second-order valence-corrected chi connectivity index (χ2v) is 6.93. The zero-order valence-electron chi connectivity index (χ0n) is 14.9. The van der Waals surface area contributed by atoms with E-state index in [2.05, 4.69) is 18.0 Å². The summed E-state index contributed by atoms with van der Waals surface area (Å²) in [6.45, 7) is 1.01. The van der Waals surface area contributed by atoms with E-state index in [-0.39, 0.29) is 47.5 Å². The van der Waals surface area contributed by atoms with Crippen LogP contribution in [0.5, 0.6) is 11.5 Å². The van der Waals surface area contributed by atoms with Crippen LogP contribution < -0.4 is 17.1 Å². The third-order valence-corrected chi connectivity index (χ3v) is 6.15. The molecule has 142 valence electrons. The molecular formula is C17H26ClNO6. The number of aliphatic hydroxyl groups is 1. The quantitative estimate of drug-likeness (QED) is 0.443. The van der Waals surface area contributed by atoms with Gasteiger partial charge in [0.05, 0.1) is 0 Å². The maximum absolute atomic E-state index is 10.4. The van der Waals surface area contributed by atoms with Crippen molar-refractivity contribution in [1.82, 2.24) is 4.90 Å². The molecule has 1 saturated heterocycles. The van der Waals surface area contributed by atoms with Gasteiger partial charge in [0.25, 0.3) is 0 Å². The van der Waals surface area contributed by atoms with E-state index in [1.807, 2.05) is 12.1 Å². The molecule has 8 N–H and O–H groups in total. The van der Waals surface area contributed by atoms with E-state index >= 15 is 0 Å². The van der Waals surface area contributed by atoms with E-state index < -0.39 is 6.10 Å². The van der Waals surface area contributed by atoms with Crippen LogP contribution in [0.1, 0.15) is 19.0 Å². The first-order valence-electron chi connectivity index (χ1n) is 7.71. The van der Waals surface area contributed by atoms with Crippen LogP contribution in [0.15, 0.2) is 24.3 Å². The predicted molar refractivity (Wildman–Crippen MR) is 89.5 cm³/mol. The average Bonchev–Trinajstić information content (AvgIpc) is 2.83. The lowest BCUT2D eigenvalue weighted by molar-refractivity contribution is -0.0453. The lowest BCUT2D eigenvalue weighted by atomic mass is 9.53. The Bertz CT molecular complexity index is 689. The van der Waals surface area contributed by atoms with Crippen LogP contribution in [0.3, 0.4) is 0 Å². The number of nitrogens with zero attached hydrogens (tertiary/aromatic N) is 1. The van der Waals surface area contributed by atoms with Gasteiger partial charge in [-0.2, -0.15) is 0 Å². The van der Waals surface area contributed by atoms with Crippen LogP contribution in [-0.4, -0.2) is 63.4 Å². The molecule has 1 spiro atoms. The number of aliphatic hydroxyl groups excluding tert-OH is 1. The number of ether oxygens (including phenoxy) is 1. The van der Waals surface area contributed by atoms with Gasteiger partial charge in [0.15, 0.2) is 11.5 Å². The van der Waals surface area contributed by atoms with Gasteiger partial charge in [0.1, 0.15) is 12.2 Å². The Labute approximate surface area is 153 Å². The van der Waals surface area contributed by atoms with Crippen molar-refractivity contribution in [2.45, 2.75) is 36.5 Å². The number of hydrogen-bond acceptors (Lipinski definition) is 4. The summed E-state index contributed by atoms with van der Waals surface area (Å²) < 4.78 is 6.09. The van der Waals surface area contributed by atoms with Gasteiger partial charge in [0, 0.05) is 22.9 Å². The van der Waals surface area contributed by atoms with Crippen molar-refractivity contribution in [2.75, 3.05) is 13.6 Å². The summed E-state index contributed by atoms with van der Waals surface area (Å²) in [6, 6.07) is 4.23. The zero-order valence-corrected chi connectivity index (χ0v) is 14.6. The highest BCUT2D eigenvalue weighted by atomic mass is 35.5. The Morgan fingerprint density at radius 3 is 2.68 bits per heavy atom. The van der Waals surface area contributed by atoms with Crippen molar-refractivity contribution in [1.29, 1.82) is 0 Å². The van der Waals surface area contributed by atoms with E-state index in [1.54, 1.807) is 6.07 Å². The molecule has 7 nitrogen and oxygen atoms in total. The number of phenolic OH excluding ortho intramolecular Hbond substituents is 1. The smallest absolute Gasteiger partial charge is 1.00 e. The fraction of sp³-hybridized carbons (Fsp3) is 0.529. The molecule has 5 atom stereocenters. The van der Waals surface area contributed by atoms with E-state index in [9.17, 15) is 10.2 Å². The fourth-order valence-corrected chi connectivity index (χ4v) is 5.24. The Kier molecular flexibility index (Phi) is 5.86. The minimum absolute atomic E-state index is 0. The second-order valence-electron chi connectivity index (χ2n) is 6.93. The Morgan fingerprint density at radius 2 is 1.96 bits per heavy atom. The highest BCUT2D eigenvalue weighted by Crippen LogP contribution is 2.62. The van der Waals surface area contributed by atoms with Gasteiger partial charge in [0.2, 0.25) is 0 Å². The van der Waals surface area contributed by atoms with Gasteiger partial charge in [-0.15, -0.1) is 0 Å². The lowest BCUT2D eigenvalue weighted by Gasteiger charge is -2.56. The first kappa shape index (κ1) is 21.7. The van der Waals surface area contributed by atoms with Crippen LogP contribution in [-0.2, 0) is 11.8 Å². The number of likely N-dealkylation sites (N-methyl/N-ethyl adjacent to an activating group) is 1. The number of halogens is 1. The molecule has 4 aliphatic rings. The second kappa shape index (κ2) is 6.75.